The van der Waals surface area contributed by atoms with E-state index in [0.717, 1.165) is 36.6 Å². The number of nitrogens with one attached hydrogen (secondary N) is 2. The Balaban J connectivity index is 1.72. The van der Waals surface area contributed by atoms with Crippen LogP contribution >= 0.6 is 0 Å². The van der Waals surface area contributed by atoms with Crippen LogP contribution in [0.4, 0.5) is 11.8 Å². The highest BCUT2D eigenvalue weighted by Crippen LogP contribution is 2.42. The van der Waals surface area contributed by atoms with Crippen molar-refractivity contribution in [1.82, 2.24) is 34.9 Å². The topological polar surface area (TPSA) is 104 Å². The molecule has 1 aliphatic heterocycles. The van der Waals surface area contributed by atoms with E-state index in [1.165, 1.54) is 17.7 Å². The van der Waals surface area contributed by atoms with Crippen molar-refractivity contribution in [2.45, 2.75) is 51.1 Å². The summed E-state index contributed by atoms with van der Waals surface area (Å²) < 4.78 is 1.99. The lowest BCUT2D eigenvalue weighted by Gasteiger charge is -2.40. The van der Waals surface area contributed by atoms with Crippen molar-refractivity contribution < 1.29 is 4.79 Å². The number of likely N-dealkylation sites (N-methyl/N-ethyl adjacent to an activating group) is 2. The average molecular weight is 412 g/mol. The third kappa shape index (κ3) is 3.46. The number of aromatic nitrogens is 5. The number of fused-ring (bicyclic) bond motifs is 3. The van der Waals surface area contributed by atoms with Gasteiger partial charge in [-0.15, -0.1) is 10.2 Å². The van der Waals surface area contributed by atoms with Crippen LogP contribution in [0, 0.1) is 0 Å². The Morgan fingerprint density at radius 3 is 2.77 bits per heavy atom. The summed E-state index contributed by atoms with van der Waals surface area (Å²) in [4.78, 5) is 25.5. The summed E-state index contributed by atoms with van der Waals surface area (Å²) in [6.07, 6.45) is 10.8. The second-order valence-corrected chi connectivity index (χ2v) is 7.88. The zero-order valence-corrected chi connectivity index (χ0v) is 18.0. The van der Waals surface area contributed by atoms with Crippen molar-refractivity contribution in [3.05, 3.63) is 30.2 Å². The molecule has 0 aromatic carbocycles. The summed E-state index contributed by atoms with van der Waals surface area (Å²) >= 11 is 0. The largest absolute Gasteiger partial charge is 0.382 e. The summed E-state index contributed by atoms with van der Waals surface area (Å²) in [5.74, 6) is 2.14. The van der Waals surface area contributed by atoms with Gasteiger partial charge in [-0.25, -0.2) is 4.98 Å². The van der Waals surface area contributed by atoms with Gasteiger partial charge in [0.25, 0.3) is 5.91 Å². The molecule has 1 fully saturated rings. The second kappa shape index (κ2) is 8.29. The number of hydrogen-bond donors (Lipinski definition) is 2. The summed E-state index contributed by atoms with van der Waals surface area (Å²) in [7, 11) is 5.14. The molecule has 0 unspecified atom stereocenters. The van der Waals surface area contributed by atoms with Gasteiger partial charge in [-0.05, 0) is 19.3 Å². The van der Waals surface area contributed by atoms with E-state index in [1.54, 1.807) is 39.9 Å². The van der Waals surface area contributed by atoms with Gasteiger partial charge < -0.3 is 20.4 Å². The second-order valence-electron chi connectivity index (χ2n) is 7.88. The lowest BCUT2D eigenvalue weighted by molar-refractivity contribution is -0.125. The molecule has 160 valence electrons. The molecule has 2 aliphatic rings. The molecule has 1 amide bonds. The fourth-order valence-corrected chi connectivity index (χ4v) is 4.33. The minimum Gasteiger partial charge on any atom is -0.382 e. The van der Waals surface area contributed by atoms with Crippen LogP contribution in [0.3, 0.4) is 0 Å². The fraction of sp³-hybridized carbons (Fsp3) is 0.550. The summed E-state index contributed by atoms with van der Waals surface area (Å²) in [6.45, 7) is 2.17. The van der Waals surface area contributed by atoms with E-state index in [0.29, 0.717) is 17.7 Å². The zero-order valence-electron chi connectivity index (χ0n) is 18.0. The van der Waals surface area contributed by atoms with E-state index in [-0.39, 0.29) is 11.9 Å². The van der Waals surface area contributed by atoms with Crippen molar-refractivity contribution in [1.29, 1.82) is 0 Å². The third-order valence-electron chi connectivity index (χ3n) is 5.82. The minimum absolute atomic E-state index is 0.129. The van der Waals surface area contributed by atoms with Gasteiger partial charge >= 0.3 is 0 Å². The van der Waals surface area contributed by atoms with Gasteiger partial charge in [0.1, 0.15) is 17.7 Å². The minimum atomic E-state index is -0.129. The van der Waals surface area contributed by atoms with E-state index in [4.69, 9.17) is 4.98 Å². The van der Waals surface area contributed by atoms with Crippen LogP contribution in [0.25, 0.3) is 5.69 Å². The van der Waals surface area contributed by atoms with Crippen molar-refractivity contribution >= 4 is 17.7 Å². The molecule has 0 saturated heterocycles. The molecule has 1 atom stereocenters. The number of rotatable bonds is 6. The van der Waals surface area contributed by atoms with Crippen LogP contribution < -0.4 is 15.5 Å². The maximum Gasteiger partial charge on any atom is 0.270 e. The van der Waals surface area contributed by atoms with Crippen LogP contribution in [0.5, 0.6) is 0 Å². The lowest BCUT2D eigenvalue weighted by atomic mass is 10.0. The van der Waals surface area contributed by atoms with E-state index >= 15 is 0 Å². The average Bonchev–Trinajstić information content (AvgIpc) is 3.44. The SMILES string of the molecule is CC[C@@H]1c2nncn2-c2cnc(N/C=C(\NC)C(=O)N(C)C)nc2N1C1CCCC1. The Morgan fingerprint density at radius 2 is 2.10 bits per heavy atom. The van der Waals surface area contributed by atoms with Crippen molar-refractivity contribution in [2.24, 2.45) is 0 Å². The van der Waals surface area contributed by atoms with Crippen molar-refractivity contribution in [2.75, 3.05) is 31.4 Å². The molecule has 30 heavy (non-hydrogen) atoms. The van der Waals surface area contributed by atoms with E-state index in [2.05, 4.69) is 37.6 Å². The monoisotopic (exact) mass is 411 g/mol. The molecule has 0 spiro atoms. The van der Waals surface area contributed by atoms with E-state index < -0.39 is 0 Å². The number of hydrogen-bond acceptors (Lipinski definition) is 8. The van der Waals surface area contributed by atoms with Crippen LogP contribution in [0.15, 0.2) is 24.4 Å². The molecule has 1 aliphatic carbocycles. The van der Waals surface area contributed by atoms with Crippen molar-refractivity contribution in [3.8, 4) is 5.69 Å². The Kier molecular flexibility index (Phi) is 5.56. The van der Waals surface area contributed by atoms with Gasteiger partial charge in [0, 0.05) is 33.4 Å². The summed E-state index contributed by atoms with van der Waals surface area (Å²) in [5.41, 5.74) is 1.32. The number of nitrogens with zero attached hydrogens (tertiary/aromatic N) is 7. The number of carbonyl (C=O) groups excluding carboxylic acids is 1. The molecule has 10 nitrogen and oxygen atoms in total. The summed E-state index contributed by atoms with van der Waals surface area (Å²) in [5, 5.41) is 14.5. The zero-order chi connectivity index (χ0) is 21.3. The first-order valence-electron chi connectivity index (χ1n) is 10.5. The van der Waals surface area contributed by atoms with Crippen molar-refractivity contribution in [3.63, 3.8) is 0 Å². The third-order valence-corrected chi connectivity index (χ3v) is 5.82. The molecular weight excluding hydrogens is 382 g/mol. The van der Waals surface area contributed by atoms with Crippen LogP contribution in [-0.2, 0) is 4.79 Å². The Hall–Kier alpha value is -3.17. The Bertz CT molecular complexity index is 946. The highest BCUT2D eigenvalue weighted by molar-refractivity contribution is 5.92. The number of carbonyl (C=O) groups is 1. The number of amides is 1. The molecule has 0 bridgehead atoms. The highest BCUT2D eigenvalue weighted by atomic mass is 16.2. The molecule has 4 rings (SSSR count). The standard InChI is InChI=1S/C20H29N9O/c1-5-15-18-26-24-12-28(18)16-11-23-20(22-10-14(21-2)19(30)27(3)4)25-17(16)29(15)13-8-6-7-9-13/h10-13,15,21H,5-9H2,1-4H3,(H,22,23,25)/b14-10-/t15-/m1/s1. The normalized spacial score (nSPS) is 18.7. The summed E-state index contributed by atoms with van der Waals surface area (Å²) in [6, 6.07) is 0.560. The van der Waals surface area contributed by atoms with E-state index in [1.807, 2.05) is 4.57 Å². The van der Waals surface area contributed by atoms with Gasteiger partial charge in [0.05, 0.1) is 12.2 Å². The molecule has 2 N–H and O–H groups in total. The molecule has 1 saturated carbocycles. The Morgan fingerprint density at radius 1 is 1.33 bits per heavy atom. The molecular formula is C20H29N9O. The fourth-order valence-electron chi connectivity index (χ4n) is 4.33. The van der Waals surface area contributed by atoms with Gasteiger partial charge in [-0.3, -0.25) is 9.36 Å². The first-order valence-corrected chi connectivity index (χ1v) is 10.5. The van der Waals surface area contributed by atoms with E-state index in [9.17, 15) is 4.79 Å². The van der Waals surface area contributed by atoms with Gasteiger partial charge in [0.2, 0.25) is 5.95 Å². The Labute approximate surface area is 176 Å². The number of anilines is 2. The predicted octanol–water partition coefficient (Wildman–Crippen LogP) is 1.83. The van der Waals surface area contributed by atoms with Gasteiger partial charge in [-0.1, -0.05) is 19.8 Å². The molecule has 2 aromatic heterocycles. The first kappa shape index (κ1) is 20.1. The van der Waals surface area contributed by atoms with Crippen LogP contribution in [-0.4, -0.2) is 62.7 Å². The smallest absolute Gasteiger partial charge is 0.270 e. The lowest BCUT2D eigenvalue weighted by Crippen LogP contribution is -2.42. The van der Waals surface area contributed by atoms with Gasteiger partial charge in [-0.2, -0.15) is 4.98 Å². The molecule has 0 radical (unpaired) electrons. The van der Waals surface area contributed by atoms with Gasteiger partial charge in [0.15, 0.2) is 11.6 Å². The molecule has 2 aromatic rings. The molecule has 3 heterocycles. The molecule has 10 heteroatoms. The highest BCUT2D eigenvalue weighted by Gasteiger charge is 2.38. The van der Waals surface area contributed by atoms with Crippen LogP contribution in [0.2, 0.25) is 0 Å². The van der Waals surface area contributed by atoms with Crippen LogP contribution in [0.1, 0.15) is 50.9 Å². The quantitative estimate of drug-likeness (QED) is 0.694. The predicted molar refractivity (Wildman–Crippen MR) is 114 cm³/mol. The first-order chi connectivity index (χ1) is 14.5. The maximum atomic E-state index is 12.2. The maximum absolute atomic E-state index is 12.2.